The van der Waals surface area contributed by atoms with Crippen molar-refractivity contribution in [1.29, 1.82) is 0 Å². The molecule has 0 saturated carbocycles. The van der Waals surface area contributed by atoms with Crippen LogP contribution in [-0.2, 0) is 6.42 Å². The lowest BCUT2D eigenvalue weighted by Gasteiger charge is -2.36. The molecule has 2 heterocycles. The molecule has 2 aliphatic heterocycles. The molecule has 1 atom stereocenters. The fraction of sp³-hybridized carbons (Fsp3) is 0.409. The number of hydrogen-bond donors (Lipinski definition) is 1. The van der Waals surface area contributed by atoms with Crippen LogP contribution in [0.5, 0.6) is 28.7 Å². The molecular formula is C22H26N2O6. The molecule has 160 valence electrons. The molecule has 8 nitrogen and oxygen atoms in total. The van der Waals surface area contributed by atoms with Gasteiger partial charge >= 0.3 is 0 Å². The summed E-state index contributed by atoms with van der Waals surface area (Å²) >= 11 is 0. The van der Waals surface area contributed by atoms with Crippen molar-refractivity contribution in [2.75, 3.05) is 41.7 Å². The molecule has 0 bridgehead atoms. The second-order valence-corrected chi connectivity index (χ2v) is 7.28. The van der Waals surface area contributed by atoms with E-state index >= 15 is 0 Å². The Hall–Kier alpha value is -3.13. The van der Waals surface area contributed by atoms with E-state index in [9.17, 15) is 5.21 Å². The summed E-state index contributed by atoms with van der Waals surface area (Å²) in [4.78, 5) is 2.23. The minimum Gasteiger partial charge on any atom is -0.497 e. The second-order valence-electron chi connectivity index (χ2n) is 7.28. The first-order valence-electron chi connectivity index (χ1n) is 9.74. The molecule has 8 heteroatoms. The number of fused-ring (bicyclic) bond motifs is 2. The quantitative estimate of drug-likeness (QED) is 0.441. The Balaban J connectivity index is 1.77. The van der Waals surface area contributed by atoms with Gasteiger partial charge in [-0.05, 0) is 43.3 Å². The van der Waals surface area contributed by atoms with E-state index in [0.717, 1.165) is 24.1 Å². The lowest BCUT2D eigenvalue weighted by molar-refractivity contribution is 0.170. The van der Waals surface area contributed by atoms with Crippen molar-refractivity contribution in [3.8, 4) is 28.7 Å². The first-order valence-corrected chi connectivity index (χ1v) is 9.74. The lowest BCUT2D eigenvalue weighted by atomic mass is 9.87. The first-order chi connectivity index (χ1) is 14.6. The van der Waals surface area contributed by atoms with Gasteiger partial charge in [0.15, 0.2) is 11.5 Å². The average Bonchev–Trinajstić information content (AvgIpc) is 3.25. The number of nitrogens with zero attached hydrogens (tertiary/aromatic N) is 2. The summed E-state index contributed by atoms with van der Waals surface area (Å²) in [5.74, 6) is 3.27. The van der Waals surface area contributed by atoms with Gasteiger partial charge in [0.1, 0.15) is 11.5 Å². The van der Waals surface area contributed by atoms with Gasteiger partial charge in [0.2, 0.25) is 12.5 Å². The molecule has 0 aromatic heterocycles. The van der Waals surface area contributed by atoms with Gasteiger partial charge in [-0.15, -0.1) is 0 Å². The van der Waals surface area contributed by atoms with Crippen LogP contribution in [0.2, 0.25) is 0 Å². The van der Waals surface area contributed by atoms with E-state index in [-0.39, 0.29) is 12.8 Å². The van der Waals surface area contributed by atoms with Crippen LogP contribution in [0.1, 0.15) is 29.2 Å². The summed E-state index contributed by atoms with van der Waals surface area (Å²) in [5, 5.41) is 13.5. The van der Waals surface area contributed by atoms with Crippen LogP contribution in [0.15, 0.2) is 29.4 Å². The summed E-state index contributed by atoms with van der Waals surface area (Å²) in [6.45, 7) is 1.04. The van der Waals surface area contributed by atoms with Crippen molar-refractivity contribution in [1.82, 2.24) is 4.90 Å². The van der Waals surface area contributed by atoms with Crippen LogP contribution in [0.4, 0.5) is 0 Å². The number of likely N-dealkylation sites (N-methyl/N-ethyl adjacent to an activating group) is 1. The van der Waals surface area contributed by atoms with Crippen molar-refractivity contribution in [2.45, 2.75) is 18.9 Å². The van der Waals surface area contributed by atoms with E-state index in [4.69, 9.17) is 23.7 Å². The van der Waals surface area contributed by atoms with Gasteiger partial charge < -0.3 is 28.9 Å². The van der Waals surface area contributed by atoms with Crippen molar-refractivity contribution in [2.24, 2.45) is 5.16 Å². The Morgan fingerprint density at radius 3 is 2.70 bits per heavy atom. The molecular weight excluding hydrogens is 388 g/mol. The zero-order chi connectivity index (χ0) is 21.3. The normalized spacial score (nSPS) is 18.1. The minimum atomic E-state index is -0.0833. The van der Waals surface area contributed by atoms with E-state index in [2.05, 4.69) is 17.1 Å². The van der Waals surface area contributed by atoms with E-state index in [1.165, 1.54) is 0 Å². The number of hydrogen-bond acceptors (Lipinski definition) is 8. The van der Waals surface area contributed by atoms with E-state index < -0.39 is 0 Å². The maximum atomic E-state index is 9.91. The van der Waals surface area contributed by atoms with E-state index in [1.54, 1.807) is 27.4 Å². The van der Waals surface area contributed by atoms with Crippen LogP contribution in [0.25, 0.3) is 0 Å². The van der Waals surface area contributed by atoms with E-state index in [0.29, 0.717) is 46.4 Å². The molecule has 2 aliphatic rings. The third-order valence-electron chi connectivity index (χ3n) is 5.77. The zero-order valence-corrected chi connectivity index (χ0v) is 17.6. The number of ether oxygens (including phenoxy) is 5. The van der Waals surface area contributed by atoms with Crippen molar-refractivity contribution >= 4 is 5.71 Å². The smallest absolute Gasteiger partial charge is 0.231 e. The molecule has 0 spiro atoms. The summed E-state index contributed by atoms with van der Waals surface area (Å²) in [6, 6.07) is 7.37. The Kier molecular flexibility index (Phi) is 5.59. The Morgan fingerprint density at radius 2 is 2.00 bits per heavy atom. The predicted molar refractivity (Wildman–Crippen MR) is 111 cm³/mol. The first kappa shape index (κ1) is 20.2. The summed E-state index contributed by atoms with van der Waals surface area (Å²) in [6.07, 6.45) is 1.31. The summed E-state index contributed by atoms with van der Waals surface area (Å²) < 4.78 is 27.9. The molecule has 1 N–H and O–H groups in total. The molecule has 2 aromatic rings. The van der Waals surface area contributed by atoms with Gasteiger partial charge in [0.25, 0.3) is 0 Å². The largest absolute Gasteiger partial charge is 0.497 e. The predicted octanol–water partition coefficient (Wildman–Crippen LogP) is 3.24. The highest BCUT2D eigenvalue weighted by molar-refractivity contribution is 6.03. The third kappa shape index (κ3) is 3.37. The fourth-order valence-electron chi connectivity index (χ4n) is 4.21. The highest BCUT2D eigenvalue weighted by atomic mass is 16.7. The molecule has 0 saturated heterocycles. The maximum absolute atomic E-state index is 9.91. The Bertz CT molecular complexity index is 975. The zero-order valence-electron chi connectivity index (χ0n) is 17.6. The molecule has 0 amide bonds. The molecule has 0 aliphatic carbocycles. The highest BCUT2D eigenvalue weighted by Gasteiger charge is 2.35. The molecule has 0 unspecified atom stereocenters. The van der Waals surface area contributed by atoms with Crippen LogP contribution in [-0.4, -0.2) is 57.5 Å². The van der Waals surface area contributed by atoms with Crippen LogP contribution in [0, 0.1) is 0 Å². The van der Waals surface area contributed by atoms with Gasteiger partial charge in [-0.2, -0.15) is 0 Å². The maximum Gasteiger partial charge on any atom is 0.231 e. The van der Waals surface area contributed by atoms with Crippen molar-refractivity contribution in [3.05, 3.63) is 41.0 Å². The number of rotatable bonds is 6. The molecule has 0 radical (unpaired) electrons. The van der Waals surface area contributed by atoms with Crippen LogP contribution in [0.3, 0.4) is 0 Å². The van der Waals surface area contributed by atoms with Crippen LogP contribution < -0.4 is 23.7 Å². The number of oxime groups is 1. The van der Waals surface area contributed by atoms with E-state index in [1.807, 2.05) is 18.2 Å². The second kappa shape index (κ2) is 8.31. The fourth-order valence-corrected chi connectivity index (χ4v) is 4.21. The van der Waals surface area contributed by atoms with Crippen molar-refractivity contribution < 1.29 is 28.9 Å². The highest BCUT2D eigenvalue weighted by Crippen LogP contribution is 2.50. The minimum absolute atomic E-state index is 0.0833. The summed E-state index contributed by atoms with van der Waals surface area (Å²) in [7, 11) is 6.87. The summed E-state index contributed by atoms with van der Waals surface area (Å²) in [5.41, 5.74) is 3.35. The van der Waals surface area contributed by atoms with Gasteiger partial charge in [-0.3, -0.25) is 4.90 Å². The molecule has 30 heavy (non-hydrogen) atoms. The SMILES string of the molecule is COc1ccc(OC)c(C(C[C@@H]2c3c(cc4c(c3OC)OCO4)CCN2C)=NO)c1. The lowest BCUT2D eigenvalue weighted by Crippen LogP contribution is -2.34. The Morgan fingerprint density at radius 1 is 1.17 bits per heavy atom. The average molecular weight is 414 g/mol. The van der Waals surface area contributed by atoms with Gasteiger partial charge in [-0.25, -0.2) is 0 Å². The molecule has 4 rings (SSSR count). The third-order valence-corrected chi connectivity index (χ3v) is 5.77. The monoisotopic (exact) mass is 414 g/mol. The van der Waals surface area contributed by atoms with Crippen molar-refractivity contribution in [3.63, 3.8) is 0 Å². The van der Waals surface area contributed by atoms with Gasteiger partial charge in [0.05, 0.1) is 27.0 Å². The number of benzene rings is 2. The molecule has 2 aromatic carbocycles. The molecule has 0 fully saturated rings. The van der Waals surface area contributed by atoms with Crippen LogP contribution >= 0.6 is 0 Å². The standard InChI is InChI=1S/C22H26N2O6/c1-24-8-7-13-9-19-21(30-12-29-19)22(28-4)20(13)17(24)11-16(23-25)15-10-14(26-2)5-6-18(15)27-3/h5-6,9-10,17,25H,7-8,11-12H2,1-4H3/t17-/m1/s1. The number of methoxy groups -OCH3 is 3. The topological polar surface area (TPSA) is 82.0 Å². The van der Waals surface area contributed by atoms with Gasteiger partial charge in [0, 0.05) is 30.1 Å². The van der Waals surface area contributed by atoms with Gasteiger partial charge in [-0.1, -0.05) is 5.16 Å². The Labute approximate surface area is 175 Å².